The van der Waals surface area contributed by atoms with Crippen molar-refractivity contribution in [3.63, 3.8) is 0 Å². The van der Waals surface area contributed by atoms with Crippen molar-refractivity contribution in [2.45, 2.75) is 44.6 Å². The summed E-state index contributed by atoms with van der Waals surface area (Å²) in [5.41, 5.74) is 6.78. The zero-order chi connectivity index (χ0) is 11.4. The molecule has 0 spiro atoms. The van der Waals surface area contributed by atoms with Gasteiger partial charge in [0.15, 0.2) is 0 Å². The molecule has 0 radical (unpaired) electrons. The average molecular weight is 232 g/mol. The molecule has 4 aliphatic rings. The van der Waals surface area contributed by atoms with Gasteiger partial charge in [0, 0.05) is 5.92 Å². The summed E-state index contributed by atoms with van der Waals surface area (Å²) in [6, 6.07) is 0. The molecule has 4 bridgehead atoms. The number of hydrogen-bond acceptors (Lipinski definition) is 3. The molecule has 1 aromatic rings. The van der Waals surface area contributed by atoms with Gasteiger partial charge in [-0.25, -0.2) is 4.98 Å². The smallest absolute Gasteiger partial charge is 0.207 e. The zero-order valence-electron chi connectivity index (χ0n) is 10.1. The molecule has 4 fully saturated rings. The molecule has 0 atom stereocenters. The number of oxazole rings is 1. The molecule has 5 rings (SSSR count). The molecule has 2 N–H and O–H groups in total. The summed E-state index contributed by atoms with van der Waals surface area (Å²) >= 11 is 0. The standard InChI is InChI=1S/C14H20N2O/c15-6-13-16-12(7-17-13)14-10-2-8-1-9(4-10)5-11(14)3-8/h7-11,14H,1-6,15H2. The fraction of sp³-hybridized carbons (Fsp3) is 0.786. The quantitative estimate of drug-likeness (QED) is 0.853. The molecule has 1 heterocycles. The first-order chi connectivity index (χ1) is 8.33. The minimum Gasteiger partial charge on any atom is -0.447 e. The highest BCUT2D eigenvalue weighted by atomic mass is 16.3. The van der Waals surface area contributed by atoms with E-state index in [1.54, 1.807) is 0 Å². The van der Waals surface area contributed by atoms with Gasteiger partial charge in [-0.1, -0.05) is 0 Å². The van der Waals surface area contributed by atoms with Gasteiger partial charge in [-0.2, -0.15) is 0 Å². The minimum absolute atomic E-state index is 0.424. The molecule has 4 aliphatic carbocycles. The van der Waals surface area contributed by atoms with Gasteiger partial charge in [0.1, 0.15) is 6.26 Å². The maximum Gasteiger partial charge on any atom is 0.207 e. The number of nitrogens with zero attached hydrogens (tertiary/aromatic N) is 1. The minimum atomic E-state index is 0.424. The van der Waals surface area contributed by atoms with Crippen molar-refractivity contribution in [1.29, 1.82) is 0 Å². The normalized spacial score (nSPS) is 43.2. The number of aromatic nitrogens is 1. The van der Waals surface area contributed by atoms with Gasteiger partial charge in [0.25, 0.3) is 0 Å². The summed E-state index contributed by atoms with van der Waals surface area (Å²) in [6.45, 7) is 0.424. The highest BCUT2D eigenvalue weighted by Gasteiger charge is 2.49. The third-order valence-electron chi connectivity index (χ3n) is 5.31. The van der Waals surface area contributed by atoms with Crippen molar-refractivity contribution in [1.82, 2.24) is 4.98 Å². The van der Waals surface area contributed by atoms with E-state index in [0.29, 0.717) is 18.4 Å². The molecule has 0 aromatic carbocycles. The largest absolute Gasteiger partial charge is 0.447 e. The highest BCUT2D eigenvalue weighted by Crippen LogP contribution is 2.59. The van der Waals surface area contributed by atoms with Gasteiger partial charge in [-0.3, -0.25) is 0 Å². The van der Waals surface area contributed by atoms with Crippen molar-refractivity contribution in [2.75, 3.05) is 0 Å². The number of nitrogens with two attached hydrogens (primary N) is 1. The van der Waals surface area contributed by atoms with Gasteiger partial charge in [-0.05, 0) is 55.8 Å². The summed E-state index contributed by atoms with van der Waals surface area (Å²) in [6.07, 6.45) is 9.11. The van der Waals surface area contributed by atoms with Crippen LogP contribution in [0.2, 0.25) is 0 Å². The molecular weight excluding hydrogens is 212 g/mol. The zero-order valence-corrected chi connectivity index (χ0v) is 10.1. The van der Waals surface area contributed by atoms with Gasteiger partial charge in [-0.15, -0.1) is 0 Å². The van der Waals surface area contributed by atoms with Crippen LogP contribution in [0.25, 0.3) is 0 Å². The summed E-state index contributed by atoms with van der Waals surface area (Å²) < 4.78 is 5.43. The fourth-order valence-corrected chi connectivity index (χ4v) is 4.98. The highest BCUT2D eigenvalue weighted by molar-refractivity contribution is 5.14. The molecule has 0 amide bonds. The second kappa shape index (κ2) is 3.58. The van der Waals surface area contributed by atoms with Crippen LogP contribution < -0.4 is 5.73 Å². The molecule has 92 valence electrons. The Balaban J connectivity index is 1.65. The van der Waals surface area contributed by atoms with Crippen LogP contribution >= 0.6 is 0 Å². The van der Waals surface area contributed by atoms with E-state index >= 15 is 0 Å². The van der Waals surface area contributed by atoms with E-state index in [1.165, 1.54) is 37.8 Å². The van der Waals surface area contributed by atoms with Crippen molar-refractivity contribution >= 4 is 0 Å². The third kappa shape index (κ3) is 1.48. The molecule has 4 saturated carbocycles. The Kier molecular flexibility index (Phi) is 2.13. The number of rotatable bonds is 2. The van der Waals surface area contributed by atoms with Crippen LogP contribution in [0.5, 0.6) is 0 Å². The molecular formula is C14H20N2O. The van der Waals surface area contributed by atoms with Crippen LogP contribution in [0.4, 0.5) is 0 Å². The van der Waals surface area contributed by atoms with Crippen LogP contribution in [0, 0.1) is 23.7 Å². The first-order valence-corrected chi connectivity index (χ1v) is 6.98. The third-order valence-corrected chi connectivity index (χ3v) is 5.31. The predicted octanol–water partition coefficient (Wildman–Crippen LogP) is 2.67. The summed E-state index contributed by atoms with van der Waals surface area (Å²) in [7, 11) is 0. The van der Waals surface area contributed by atoms with Crippen LogP contribution in [0.3, 0.4) is 0 Å². The fourth-order valence-electron chi connectivity index (χ4n) is 4.98. The Labute approximate surface area is 102 Å². The van der Waals surface area contributed by atoms with Crippen LogP contribution in [-0.4, -0.2) is 4.98 Å². The molecule has 0 saturated heterocycles. The molecule has 0 aliphatic heterocycles. The lowest BCUT2D eigenvalue weighted by molar-refractivity contribution is -0.00419. The second-order valence-electron chi connectivity index (χ2n) is 6.33. The predicted molar refractivity (Wildman–Crippen MR) is 64.2 cm³/mol. The Morgan fingerprint density at radius 3 is 2.29 bits per heavy atom. The topological polar surface area (TPSA) is 52.0 Å². The van der Waals surface area contributed by atoms with E-state index < -0.39 is 0 Å². The summed E-state index contributed by atoms with van der Waals surface area (Å²) in [5.74, 6) is 5.17. The average Bonchev–Trinajstić information content (AvgIpc) is 2.76. The monoisotopic (exact) mass is 232 g/mol. The Morgan fingerprint density at radius 2 is 1.76 bits per heavy atom. The van der Waals surface area contributed by atoms with Crippen molar-refractivity contribution in [2.24, 2.45) is 29.4 Å². The van der Waals surface area contributed by atoms with Crippen molar-refractivity contribution in [3.8, 4) is 0 Å². The van der Waals surface area contributed by atoms with Gasteiger partial charge < -0.3 is 10.2 Å². The van der Waals surface area contributed by atoms with E-state index in [4.69, 9.17) is 10.2 Å². The second-order valence-corrected chi connectivity index (χ2v) is 6.33. The maximum atomic E-state index is 5.58. The summed E-state index contributed by atoms with van der Waals surface area (Å²) in [5, 5.41) is 0. The van der Waals surface area contributed by atoms with E-state index in [-0.39, 0.29) is 0 Å². The van der Waals surface area contributed by atoms with E-state index in [9.17, 15) is 0 Å². The molecule has 3 heteroatoms. The molecule has 0 unspecified atom stereocenters. The summed E-state index contributed by atoms with van der Waals surface area (Å²) in [4.78, 5) is 4.58. The van der Waals surface area contributed by atoms with Crippen molar-refractivity contribution in [3.05, 3.63) is 17.8 Å². The van der Waals surface area contributed by atoms with Gasteiger partial charge >= 0.3 is 0 Å². The lowest BCUT2D eigenvalue weighted by Crippen LogP contribution is -2.43. The van der Waals surface area contributed by atoms with Crippen LogP contribution in [0.15, 0.2) is 10.7 Å². The molecule has 17 heavy (non-hydrogen) atoms. The van der Waals surface area contributed by atoms with Gasteiger partial charge in [0.05, 0.1) is 12.2 Å². The number of hydrogen-bond donors (Lipinski definition) is 1. The van der Waals surface area contributed by atoms with Crippen molar-refractivity contribution < 1.29 is 4.42 Å². The SMILES string of the molecule is NCc1nc(C2C3CC4CC(C3)CC2C4)co1. The van der Waals surface area contributed by atoms with E-state index in [2.05, 4.69) is 4.98 Å². The lowest BCUT2D eigenvalue weighted by Gasteiger charge is -2.53. The lowest BCUT2D eigenvalue weighted by atomic mass is 9.51. The van der Waals surface area contributed by atoms with E-state index in [1.807, 2.05) is 6.26 Å². The first kappa shape index (κ1) is 10.1. The first-order valence-electron chi connectivity index (χ1n) is 6.98. The van der Waals surface area contributed by atoms with Gasteiger partial charge in [0.2, 0.25) is 5.89 Å². The van der Waals surface area contributed by atoms with Crippen LogP contribution in [0.1, 0.15) is 49.6 Å². The van der Waals surface area contributed by atoms with Crippen LogP contribution in [-0.2, 0) is 6.54 Å². The Morgan fingerprint density at radius 1 is 1.12 bits per heavy atom. The van der Waals surface area contributed by atoms with E-state index in [0.717, 1.165) is 23.7 Å². The molecule has 3 nitrogen and oxygen atoms in total. The Bertz CT molecular complexity index is 398. The molecule has 1 aromatic heterocycles. The Hall–Kier alpha value is -0.830. The maximum absolute atomic E-state index is 5.58.